The summed E-state index contributed by atoms with van der Waals surface area (Å²) in [4.78, 5) is 28.0. The Labute approximate surface area is 188 Å². The Hall–Kier alpha value is -3.11. The van der Waals surface area contributed by atoms with Crippen molar-refractivity contribution in [3.05, 3.63) is 54.1 Å². The van der Waals surface area contributed by atoms with Crippen LogP contribution in [0.4, 0.5) is 5.69 Å². The molecule has 1 aliphatic rings. The molecule has 2 aromatic carbocycles. The first-order valence-electron chi connectivity index (χ1n) is 9.92. The molecular formula is C22H27N3O6S. The van der Waals surface area contributed by atoms with Gasteiger partial charge < -0.3 is 14.8 Å². The Bertz CT molecular complexity index is 1110. The number of ether oxygens (including phenoxy) is 2. The number of carbonyl (C=O) groups is 2. The van der Waals surface area contributed by atoms with E-state index in [0.717, 1.165) is 16.1 Å². The number of methoxy groups -OCH3 is 2. The number of anilines is 1. The summed E-state index contributed by atoms with van der Waals surface area (Å²) in [6, 6.07) is 14.2. The average molecular weight is 462 g/mol. The summed E-state index contributed by atoms with van der Waals surface area (Å²) in [5.74, 6) is -0.181. The van der Waals surface area contributed by atoms with Gasteiger partial charge in [-0.1, -0.05) is 30.3 Å². The van der Waals surface area contributed by atoms with Gasteiger partial charge in [-0.05, 0) is 24.6 Å². The summed E-state index contributed by atoms with van der Waals surface area (Å²) in [5, 5.41) is 2.84. The van der Waals surface area contributed by atoms with E-state index < -0.39 is 27.4 Å². The molecule has 2 amide bonds. The Morgan fingerprint density at radius 2 is 1.81 bits per heavy atom. The second-order valence-corrected chi connectivity index (χ2v) is 9.72. The molecule has 1 heterocycles. The Kier molecular flexibility index (Phi) is 6.75. The summed E-state index contributed by atoms with van der Waals surface area (Å²) in [6.07, 6.45) is 1.02. The zero-order valence-corrected chi connectivity index (χ0v) is 19.3. The van der Waals surface area contributed by atoms with Gasteiger partial charge in [0.2, 0.25) is 21.8 Å². The quantitative estimate of drug-likeness (QED) is 0.668. The normalized spacial score (nSPS) is 19.5. The molecule has 0 spiro atoms. The molecule has 0 aromatic heterocycles. The number of rotatable bonds is 7. The Morgan fingerprint density at radius 1 is 1.12 bits per heavy atom. The molecule has 9 nitrogen and oxygen atoms in total. The monoisotopic (exact) mass is 461 g/mol. The topological polar surface area (TPSA) is 105 Å². The van der Waals surface area contributed by atoms with Crippen molar-refractivity contribution in [2.75, 3.05) is 38.5 Å². The van der Waals surface area contributed by atoms with E-state index in [1.54, 1.807) is 25.1 Å². The number of carbonyl (C=O) groups excluding carboxylic acids is 2. The first kappa shape index (κ1) is 23.6. The van der Waals surface area contributed by atoms with Gasteiger partial charge >= 0.3 is 0 Å². The van der Waals surface area contributed by atoms with E-state index in [4.69, 9.17) is 9.47 Å². The number of nitrogens with zero attached hydrogens (tertiary/aromatic N) is 2. The van der Waals surface area contributed by atoms with E-state index >= 15 is 0 Å². The molecule has 0 saturated carbocycles. The minimum atomic E-state index is -3.71. The van der Waals surface area contributed by atoms with Crippen molar-refractivity contribution < 1.29 is 27.5 Å². The van der Waals surface area contributed by atoms with Gasteiger partial charge in [0.15, 0.2) is 0 Å². The van der Waals surface area contributed by atoms with Crippen molar-refractivity contribution in [2.24, 2.45) is 0 Å². The van der Waals surface area contributed by atoms with Gasteiger partial charge in [-0.3, -0.25) is 14.5 Å². The lowest BCUT2D eigenvalue weighted by Gasteiger charge is -2.46. The van der Waals surface area contributed by atoms with E-state index in [-0.39, 0.29) is 19.6 Å². The molecule has 0 radical (unpaired) electrons. The minimum absolute atomic E-state index is 0.201. The molecule has 172 valence electrons. The number of sulfonamides is 1. The molecule has 0 aliphatic carbocycles. The van der Waals surface area contributed by atoms with Crippen LogP contribution in [-0.2, 0) is 26.2 Å². The third-order valence-corrected chi connectivity index (χ3v) is 6.62. The molecule has 0 bridgehead atoms. The highest BCUT2D eigenvalue weighted by Gasteiger charge is 2.51. The lowest BCUT2D eigenvalue weighted by atomic mass is 9.94. The number of hydrogen-bond acceptors (Lipinski definition) is 6. The number of nitrogens with one attached hydrogen (secondary N) is 1. The SMILES string of the molecule is COc1ccc(N2C(=O)CN(S(C)(=O)=O)C[C@]2(C)C(=O)NCc2ccccc2)c(OC)c1. The van der Waals surface area contributed by atoms with E-state index in [9.17, 15) is 18.0 Å². The largest absolute Gasteiger partial charge is 0.497 e. The fourth-order valence-corrected chi connectivity index (χ4v) is 4.54. The summed E-state index contributed by atoms with van der Waals surface area (Å²) in [6.45, 7) is 1.20. The summed E-state index contributed by atoms with van der Waals surface area (Å²) in [5.41, 5.74) is -0.293. The first-order chi connectivity index (χ1) is 15.1. The zero-order chi connectivity index (χ0) is 23.5. The number of amides is 2. The third-order valence-electron chi connectivity index (χ3n) is 5.42. The maximum Gasteiger partial charge on any atom is 0.247 e. The van der Waals surface area contributed by atoms with E-state index in [2.05, 4.69) is 5.32 Å². The van der Waals surface area contributed by atoms with Crippen LogP contribution in [0, 0.1) is 0 Å². The van der Waals surface area contributed by atoms with Gasteiger partial charge in [0.1, 0.15) is 17.0 Å². The smallest absolute Gasteiger partial charge is 0.247 e. The maximum absolute atomic E-state index is 13.4. The first-order valence-corrected chi connectivity index (χ1v) is 11.8. The van der Waals surface area contributed by atoms with Crippen LogP contribution in [0.1, 0.15) is 12.5 Å². The van der Waals surface area contributed by atoms with Crippen molar-refractivity contribution in [3.8, 4) is 11.5 Å². The predicted octanol–water partition coefficient (Wildman–Crippen LogP) is 1.39. The van der Waals surface area contributed by atoms with Crippen LogP contribution in [0.15, 0.2) is 48.5 Å². The maximum atomic E-state index is 13.4. The lowest BCUT2D eigenvalue weighted by Crippen LogP contribution is -2.70. The fourth-order valence-electron chi connectivity index (χ4n) is 3.71. The highest BCUT2D eigenvalue weighted by molar-refractivity contribution is 7.88. The molecule has 1 N–H and O–H groups in total. The van der Waals surface area contributed by atoms with Crippen molar-refractivity contribution in [2.45, 2.75) is 19.0 Å². The second-order valence-electron chi connectivity index (χ2n) is 7.74. The van der Waals surface area contributed by atoms with Gasteiger partial charge in [-0.15, -0.1) is 0 Å². The average Bonchev–Trinajstić information content (AvgIpc) is 2.77. The highest BCUT2D eigenvalue weighted by Crippen LogP contribution is 2.38. The van der Waals surface area contributed by atoms with Gasteiger partial charge in [-0.25, -0.2) is 8.42 Å². The third kappa shape index (κ3) is 4.71. The fraction of sp³-hybridized carbons (Fsp3) is 0.364. The molecule has 1 atom stereocenters. The summed E-state index contributed by atoms with van der Waals surface area (Å²) < 4.78 is 36.2. The molecule has 32 heavy (non-hydrogen) atoms. The summed E-state index contributed by atoms with van der Waals surface area (Å²) in [7, 11) is -0.756. The van der Waals surface area contributed by atoms with Crippen molar-refractivity contribution in [1.82, 2.24) is 9.62 Å². The molecule has 0 unspecified atom stereocenters. The van der Waals surface area contributed by atoms with Gasteiger partial charge in [0.05, 0.1) is 32.7 Å². The number of piperazine rings is 1. The Balaban J connectivity index is 2.03. The van der Waals surface area contributed by atoms with Crippen LogP contribution < -0.4 is 19.7 Å². The molecule has 1 aliphatic heterocycles. The molecule has 3 rings (SSSR count). The number of hydrogen-bond donors (Lipinski definition) is 1. The van der Waals surface area contributed by atoms with Crippen molar-refractivity contribution in [3.63, 3.8) is 0 Å². The van der Waals surface area contributed by atoms with Gasteiger partial charge in [0, 0.05) is 19.2 Å². The molecular weight excluding hydrogens is 434 g/mol. The van der Waals surface area contributed by atoms with Crippen LogP contribution in [0.3, 0.4) is 0 Å². The van der Waals surface area contributed by atoms with Crippen LogP contribution in [0.2, 0.25) is 0 Å². The summed E-state index contributed by atoms with van der Waals surface area (Å²) >= 11 is 0. The van der Waals surface area contributed by atoms with Crippen molar-refractivity contribution in [1.29, 1.82) is 0 Å². The lowest BCUT2D eigenvalue weighted by molar-refractivity contribution is -0.133. The van der Waals surface area contributed by atoms with Crippen LogP contribution in [0.5, 0.6) is 11.5 Å². The van der Waals surface area contributed by atoms with Gasteiger partial charge in [-0.2, -0.15) is 4.31 Å². The van der Waals surface area contributed by atoms with Gasteiger partial charge in [0.25, 0.3) is 0 Å². The molecule has 2 aromatic rings. The van der Waals surface area contributed by atoms with E-state index in [1.807, 2.05) is 30.3 Å². The minimum Gasteiger partial charge on any atom is -0.497 e. The van der Waals surface area contributed by atoms with Crippen LogP contribution in [0.25, 0.3) is 0 Å². The second kappa shape index (κ2) is 9.17. The van der Waals surface area contributed by atoms with Crippen LogP contribution >= 0.6 is 0 Å². The molecule has 1 saturated heterocycles. The van der Waals surface area contributed by atoms with Crippen LogP contribution in [-0.4, -0.2) is 63.6 Å². The standard InChI is InChI=1S/C22H27N3O6S/c1-22(21(27)23-13-16-8-6-5-7-9-16)15-24(32(4,28)29)14-20(26)25(22)18-11-10-17(30-2)12-19(18)31-3/h5-12H,13-15H2,1-4H3,(H,23,27)/t22-/m1/s1. The van der Waals surface area contributed by atoms with Crippen molar-refractivity contribution >= 4 is 27.5 Å². The molecule has 1 fully saturated rings. The zero-order valence-electron chi connectivity index (χ0n) is 18.5. The van der Waals surface area contributed by atoms with E-state index in [1.165, 1.54) is 19.1 Å². The van der Waals surface area contributed by atoms with E-state index in [0.29, 0.717) is 17.2 Å². The predicted molar refractivity (Wildman–Crippen MR) is 120 cm³/mol. The highest BCUT2D eigenvalue weighted by atomic mass is 32.2. The molecule has 10 heteroatoms. The Morgan fingerprint density at radius 3 is 2.41 bits per heavy atom. The number of benzene rings is 2.